The average Bonchev–Trinajstić information content (AvgIpc) is 1.66. The van der Waals surface area contributed by atoms with E-state index in [4.69, 9.17) is 13.4 Å². The van der Waals surface area contributed by atoms with Crippen molar-refractivity contribution in [3.8, 4) is 0 Å². The minimum absolute atomic E-state index is 0.120. The molecule has 15 aromatic heterocycles. The number of pyridine rings is 5. The van der Waals surface area contributed by atoms with Gasteiger partial charge in [-0.25, -0.2) is 4.98 Å². The third-order valence-electron chi connectivity index (χ3n) is 21.4. The number of hydrogen-bond donors (Lipinski definition) is 5. The Morgan fingerprint density at radius 1 is 0.341 bits per heavy atom. The summed E-state index contributed by atoms with van der Waals surface area (Å²) < 4.78 is 25.7. The first-order chi connectivity index (χ1) is 62.7. The highest BCUT2D eigenvalue weighted by Gasteiger charge is 2.22. The van der Waals surface area contributed by atoms with Crippen LogP contribution in [0.25, 0.3) is 54.5 Å². The Kier molecular flexibility index (Phi) is 26.3. The molecule has 0 radical (unpaired) electrons. The van der Waals surface area contributed by atoms with Crippen LogP contribution in [0.4, 0.5) is 28.4 Å². The van der Waals surface area contributed by atoms with Crippen molar-refractivity contribution < 1.29 is 37.3 Å². The van der Waals surface area contributed by atoms with E-state index < -0.39 is 0 Å². The first-order valence-corrected chi connectivity index (χ1v) is 42.3. The van der Waals surface area contributed by atoms with Crippen LogP contribution in [-0.4, -0.2) is 97.6 Å². The maximum atomic E-state index is 12.6. The Hall–Kier alpha value is -16.6. The fourth-order valence-electron chi connectivity index (χ4n) is 14.7. The Labute approximate surface area is 745 Å². The molecular weight excluding hydrogens is 1640 g/mol. The molecule has 0 unspecified atom stereocenters. The minimum atomic E-state index is -0.280. The maximum absolute atomic E-state index is 12.6. The molecule has 642 valence electrons. The van der Waals surface area contributed by atoms with Crippen LogP contribution in [0.3, 0.4) is 0 Å². The summed E-state index contributed by atoms with van der Waals surface area (Å²) in [5.41, 5.74) is 24.4. The number of thiazole rings is 1. The van der Waals surface area contributed by atoms with Crippen molar-refractivity contribution in [2.24, 2.45) is 0 Å². The van der Waals surface area contributed by atoms with Gasteiger partial charge in [-0.05, 0) is 168 Å². The summed E-state index contributed by atoms with van der Waals surface area (Å²) in [6.45, 7) is 18.7. The second kappa shape index (κ2) is 39.5. The van der Waals surface area contributed by atoms with Gasteiger partial charge in [-0.15, -0.1) is 16.4 Å². The summed E-state index contributed by atoms with van der Waals surface area (Å²) in [5.74, 6) is -0.381. The van der Waals surface area contributed by atoms with Crippen LogP contribution >= 0.6 is 11.3 Å². The second-order valence-corrected chi connectivity index (χ2v) is 31.7. The number of para-hydroxylation sites is 5. The van der Waals surface area contributed by atoms with Gasteiger partial charge >= 0.3 is 0 Å². The fourth-order valence-corrected chi connectivity index (χ4v) is 15.4. The predicted molar refractivity (Wildman–Crippen MR) is 502 cm³/mol. The molecule has 0 aliphatic heterocycles. The second-order valence-electron chi connectivity index (χ2n) is 30.8. The van der Waals surface area contributed by atoms with E-state index >= 15 is 0 Å². The molecule has 0 fully saturated rings. The molecule has 5 amide bonds. The highest BCUT2D eigenvalue weighted by Crippen LogP contribution is 2.34. The number of furan rings is 2. The van der Waals surface area contributed by atoms with Gasteiger partial charge in [0.25, 0.3) is 29.5 Å². The van der Waals surface area contributed by atoms with Crippen molar-refractivity contribution in [2.75, 3.05) is 26.6 Å². The molecule has 0 bridgehead atoms. The number of carbonyl (C=O) groups excluding carboxylic acids is 5. The zero-order valence-electron chi connectivity index (χ0n) is 71.8. The zero-order valence-corrected chi connectivity index (χ0v) is 72.7. The first-order valence-electron chi connectivity index (χ1n) is 41.4. The number of aryl methyl sites for hydroxylation is 8. The smallest absolute Gasteiger partial charge is 0.276 e. The van der Waals surface area contributed by atoms with E-state index in [2.05, 4.69) is 137 Å². The predicted octanol–water partition coefficient (Wildman–Crippen LogP) is 20.6. The van der Waals surface area contributed by atoms with Crippen LogP contribution in [0.1, 0.15) is 125 Å². The number of carbonyl (C=O) groups is 5. The molecule has 15 heterocycles. The number of benzene rings is 5. The summed E-state index contributed by atoms with van der Waals surface area (Å²) in [5, 5.41) is 31.3. The van der Waals surface area contributed by atoms with Gasteiger partial charge in [-0.1, -0.05) is 126 Å². The van der Waals surface area contributed by atoms with E-state index in [1.165, 1.54) is 42.6 Å². The molecule has 5 N–H and O–H groups in total. The number of hydrogen-bond acceptors (Lipinski definition) is 18. The summed E-state index contributed by atoms with van der Waals surface area (Å²) >= 11 is 1.35. The lowest BCUT2D eigenvalue weighted by atomic mass is 10.2. The number of rotatable bonds is 20. The zero-order chi connectivity index (χ0) is 89.4. The topological polar surface area (TPSA) is 326 Å². The van der Waals surface area contributed by atoms with Crippen LogP contribution in [0.2, 0.25) is 0 Å². The van der Waals surface area contributed by atoms with Crippen LogP contribution in [0, 0.1) is 55.4 Å². The molecule has 5 aromatic carbocycles. The molecule has 0 saturated heterocycles. The van der Waals surface area contributed by atoms with Crippen molar-refractivity contribution in [2.45, 2.75) is 88.1 Å². The first kappa shape index (κ1) is 85.9. The summed E-state index contributed by atoms with van der Waals surface area (Å²) in [6, 6.07) is 67.1. The third kappa shape index (κ3) is 20.8. The van der Waals surface area contributed by atoms with E-state index in [1.54, 1.807) is 43.6 Å². The van der Waals surface area contributed by atoms with E-state index in [-0.39, 0.29) is 35.2 Å². The molecular formula is C101H89N19O8S. The van der Waals surface area contributed by atoms with E-state index in [0.717, 1.165) is 145 Å². The van der Waals surface area contributed by atoms with Crippen LogP contribution in [0.5, 0.6) is 0 Å². The summed E-state index contributed by atoms with van der Waals surface area (Å²) in [6.07, 6.45) is 26.6. The molecule has 0 saturated carbocycles. The van der Waals surface area contributed by atoms with Gasteiger partial charge in [0, 0.05) is 156 Å². The summed E-state index contributed by atoms with van der Waals surface area (Å²) in [7, 11) is 0. The largest absolute Gasteiger partial charge is 0.472 e. The number of fused-ring (bicyclic) bond motifs is 5. The quantitative estimate of drug-likeness (QED) is 0.0473. The van der Waals surface area contributed by atoms with Gasteiger partial charge in [0.2, 0.25) is 0 Å². The molecule has 0 spiro atoms. The Morgan fingerprint density at radius 2 is 0.698 bits per heavy atom. The highest BCUT2D eigenvalue weighted by molar-refractivity contribution is 7.12. The average molecular weight is 1730 g/mol. The van der Waals surface area contributed by atoms with E-state index in [0.29, 0.717) is 65.7 Å². The standard InChI is InChI=1S/C21H19N3O2.C20H17N5O.C20H18N4O2.C20H18N4OS.C20H17N3O2/c1-14-7-8-16(11-22-14)12-24-13-19(18-5-3-4-6-20(18)24)23-21(25)17-9-10-26-15(17)2;1-14-8-9-15(11-21-14)12-25-13-18(16-5-2-3-7-19(16)25)23-20(26)17-6-4-10-22-24-17;1-13-7-8-15(9-21-13)10-24-11-18(16-5-3-4-6-19(16)24)22-20(25)17-12-26-23-14(17)2;1-13-7-8-15(9-21-13)10-24-11-17(16-5-3-4-6-18(16)24)23-20(25)19-14(2)22-12-26-19;1-14-6-7-15(10-21-14)11-23-12-18(17-4-2-3-5-19(17)23)22-20(24)16-8-9-25-13-16/h3-11,13H,12H2,1-2H3,(H,23,25);2-11,13H,12H2,1H3,(H,23,26);3-9,11-12H,10H2,1-2H3,(H,22,25);3-9,11-12H,10H2,1-2H3,(H,23,25);2-10,12-13H,11H2,1H3,(H,22,24). The van der Waals surface area contributed by atoms with Gasteiger partial charge in [0.1, 0.15) is 28.7 Å². The van der Waals surface area contributed by atoms with Crippen molar-refractivity contribution in [1.29, 1.82) is 0 Å². The fraction of sp³-hybridized carbons (Fsp3) is 0.129. The molecule has 0 atom stereocenters. The lowest BCUT2D eigenvalue weighted by Crippen LogP contribution is -2.13. The minimum Gasteiger partial charge on any atom is -0.472 e. The van der Waals surface area contributed by atoms with E-state index in [1.807, 2.05) is 243 Å². The van der Waals surface area contributed by atoms with Crippen LogP contribution in [-0.2, 0) is 32.7 Å². The number of nitrogens with zero attached hydrogens (tertiary/aromatic N) is 14. The van der Waals surface area contributed by atoms with E-state index in [9.17, 15) is 24.0 Å². The number of amides is 5. The van der Waals surface area contributed by atoms with Crippen molar-refractivity contribution in [3.63, 3.8) is 0 Å². The third-order valence-corrected chi connectivity index (χ3v) is 22.4. The van der Waals surface area contributed by atoms with Crippen molar-refractivity contribution in [3.05, 3.63) is 406 Å². The molecule has 27 nitrogen and oxygen atoms in total. The van der Waals surface area contributed by atoms with Gasteiger partial charge in [0.05, 0.1) is 96.6 Å². The molecule has 20 aromatic rings. The monoisotopic (exact) mass is 1730 g/mol. The number of nitrogens with one attached hydrogen (secondary N) is 5. The van der Waals surface area contributed by atoms with Crippen molar-refractivity contribution in [1.82, 2.24) is 68.1 Å². The Balaban J connectivity index is 0.000000118. The normalized spacial score (nSPS) is 10.9. The molecule has 0 aliphatic carbocycles. The van der Waals surface area contributed by atoms with Gasteiger partial charge < -0.3 is 62.8 Å². The SMILES string of the molecule is Cc1ccc(Cn2cc(NC(=O)c3cccnn3)c3ccccc32)cn1.Cc1ccc(Cn2cc(NC(=O)c3ccoc3)c3ccccc32)cn1.Cc1ccc(Cn2cc(NC(=O)c3ccoc3C)c3ccccc32)cn1.Cc1ccc(Cn2cc(NC(=O)c3conc3C)c3ccccc32)cn1.Cc1ccc(Cn2cc(NC(=O)c3scnc3C)c3ccccc32)cn1. The molecule has 129 heavy (non-hydrogen) atoms. The van der Waals surface area contributed by atoms with Crippen LogP contribution in [0.15, 0.2) is 318 Å². The highest BCUT2D eigenvalue weighted by atomic mass is 32.1. The maximum Gasteiger partial charge on any atom is 0.276 e. The molecule has 20 rings (SSSR count). The lowest BCUT2D eigenvalue weighted by Gasteiger charge is -2.05. The van der Waals surface area contributed by atoms with Gasteiger partial charge in [-0.2, -0.15) is 5.10 Å². The Morgan fingerprint density at radius 3 is 1.00 bits per heavy atom. The number of aromatic nitrogens is 14. The lowest BCUT2D eigenvalue weighted by molar-refractivity contribution is 0.101. The van der Waals surface area contributed by atoms with Crippen molar-refractivity contribution >= 4 is 124 Å². The van der Waals surface area contributed by atoms with Crippen LogP contribution < -0.4 is 26.6 Å². The van der Waals surface area contributed by atoms with Gasteiger partial charge in [0.15, 0.2) is 5.69 Å². The number of anilines is 5. The molecule has 0 aliphatic rings. The Bertz CT molecular complexity index is 6910. The van der Waals surface area contributed by atoms with Gasteiger partial charge in [-0.3, -0.25) is 48.9 Å². The summed E-state index contributed by atoms with van der Waals surface area (Å²) in [4.78, 5) is 89.0. The molecule has 28 heteroatoms.